The number of hydrogen-bond donors (Lipinski definition) is 1. The number of ether oxygens (including phenoxy) is 1. The topological polar surface area (TPSA) is 46.5 Å². The average Bonchev–Trinajstić information content (AvgIpc) is 2.34. The Kier molecular flexibility index (Phi) is 5.35. The Balaban J connectivity index is 2.46. The lowest BCUT2D eigenvalue weighted by Gasteiger charge is -2.20. The minimum atomic E-state index is -0.493. The molecule has 0 aliphatic rings. The van der Waals surface area contributed by atoms with E-state index in [1.807, 2.05) is 51.1 Å². The van der Waals surface area contributed by atoms with Crippen LogP contribution >= 0.6 is 0 Å². The zero-order chi connectivity index (χ0) is 13.6. The predicted molar refractivity (Wildman–Crippen MR) is 71.1 cm³/mol. The summed E-state index contributed by atoms with van der Waals surface area (Å²) in [6, 6.07) is 9.90. The fourth-order valence-corrected chi connectivity index (χ4v) is 1.53. The first-order chi connectivity index (χ1) is 8.43. The van der Waals surface area contributed by atoms with Gasteiger partial charge in [-0.15, -0.1) is 0 Å². The molecule has 0 aromatic heterocycles. The van der Waals surface area contributed by atoms with Gasteiger partial charge in [0.15, 0.2) is 0 Å². The largest absolute Gasteiger partial charge is 0.465 e. The monoisotopic (exact) mass is 250 g/mol. The van der Waals surface area contributed by atoms with E-state index in [2.05, 4.69) is 0 Å². The van der Waals surface area contributed by atoms with E-state index in [-0.39, 0.29) is 25.1 Å². The molecular formula is C15H22O3. The van der Waals surface area contributed by atoms with Gasteiger partial charge in [-0.25, -0.2) is 0 Å². The summed E-state index contributed by atoms with van der Waals surface area (Å²) in [5.41, 5.74) is 0.649. The molecule has 0 bridgehead atoms. The number of hydrogen-bond acceptors (Lipinski definition) is 3. The Bertz CT molecular complexity index is 365. The van der Waals surface area contributed by atoms with Crippen LogP contribution in [0.3, 0.4) is 0 Å². The van der Waals surface area contributed by atoms with Crippen LogP contribution in [0.4, 0.5) is 0 Å². The van der Waals surface area contributed by atoms with Gasteiger partial charge in [-0.2, -0.15) is 0 Å². The number of carbonyl (C=O) groups is 1. The minimum absolute atomic E-state index is 0.0202. The number of aliphatic hydroxyl groups excluding tert-OH is 1. The van der Waals surface area contributed by atoms with Gasteiger partial charge in [0, 0.05) is 12.5 Å². The van der Waals surface area contributed by atoms with Gasteiger partial charge in [0.05, 0.1) is 12.0 Å². The summed E-state index contributed by atoms with van der Waals surface area (Å²) in [5, 5.41) is 9.31. The van der Waals surface area contributed by atoms with Crippen molar-refractivity contribution >= 4 is 5.97 Å². The van der Waals surface area contributed by atoms with Crippen molar-refractivity contribution in [1.82, 2.24) is 0 Å². The van der Waals surface area contributed by atoms with Crippen molar-refractivity contribution in [3.05, 3.63) is 35.9 Å². The molecule has 3 heteroatoms. The van der Waals surface area contributed by atoms with Crippen molar-refractivity contribution in [2.24, 2.45) is 11.3 Å². The van der Waals surface area contributed by atoms with Crippen LogP contribution in [-0.2, 0) is 16.0 Å². The molecule has 0 heterocycles. The van der Waals surface area contributed by atoms with Crippen molar-refractivity contribution < 1.29 is 14.6 Å². The van der Waals surface area contributed by atoms with Crippen molar-refractivity contribution in [2.45, 2.75) is 27.2 Å². The van der Waals surface area contributed by atoms with E-state index < -0.39 is 5.41 Å². The quantitative estimate of drug-likeness (QED) is 0.816. The van der Waals surface area contributed by atoms with E-state index in [1.165, 1.54) is 0 Å². The molecule has 1 aromatic carbocycles. The van der Waals surface area contributed by atoms with Crippen LogP contribution in [0.25, 0.3) is 0 Å². The highest BCUT2D eigenvalue weighted by atomic mass is 16.5. The number of esters is 1. The molecule has 100 valence electrons. The Hall–Kier alpha value is -1.35. The number of aliphatic hydroxyl groups is 1. The summed E-state index contributed by atoms with van der Waals surface area (Å²) in [6.45, 7) is 5.75. The summed E-state index contributed by atoms with van der Waals surface area (Å²) < 4.78 is 5.23. The SMILES string of the molecule is CC(C)(C)C(=O)OCC(CO)Cc1ccccc1. The highest BCUT2D eigenvalue weighted by Gasteiger charge is 2.24. The van der Waals surface area contributed by atoms with Gasteiger partial charge in [0.1, 0.15) is 0 Å². The fourth-order valence-electron chi connectivity index (χ4n) is 1.53. The van der Waals surface area contributed by atoms with Crippen LogP contribution in [0.1, 0.15) is 26.3 Å². The molecule has 1 N–H and O–H groups in total. The normalized spacial score (nSPS) is 13.1. The molecule has 0 aliphatic carbocycles. The first-order valence-corrected chi connectivity index (χ1v) is 6.25. The maximum atomic E-state index is 11.6. The van der Waals surface area contributed by atoms with Gasteiger partial charge < -0.3 is 9.84 Å². The van der Waals surface area contributed by atoms with Gasteiger partial charge in [-0.05, 0) is 32.8 Å². The van der Waals surface area contributed by atoms with Crippen LogP contribution in [0.5, 0.6) is 0 Å². The van der Waals surface area contributed by atoms with E-state index in [9.17, 15) is 9.90 Å². The number of benzene rings is 1. The molecule has 3 nitrogen and oxygen atoms in total. The third-order valence-corrected chi connectivity index (χ3v) is 2.69. The van der Waals surface area contributed by atoms with Crippen LogP contribution in [0, 0.1) is 11.3 Å². The van der Waals surface area contributed by atoms with Crippen molar-refractivity contribution in [3.63, 3.8) is 0 Å². The van der Waals surface area contributed by atoms with Crippen molar-refractivity contribution in [3.8, 4) is 0 Å². The first-order valence-electron chi connectivity index (χ1n) is 6.25. The molecule has 0 fully saturated rings. The zero-order valence-electron chi connectivity index (χ0n) is 11.3. The predicted octanol–water partition coefficient (Wildman–Crippen LogP) is 2.43. The van der Waals surface area contributed by atoms with Gasteiger partial charge in [0.25, 0.3) is 0 Å². The molecule has 0 saturated heterocycles. The Morgan fingerprint density at radius 3 is 2.39 bits per heavy atom. The van der Waals surface area contributed by atoms with Gasteiger partial charge in [-0.3, -0.25) is 4.79 Å². The minimum Gasteiger partial charge on any atom is -0.465 e. The lowest BCUT2D eigenvalue weighted by atomic mass is 9.97. The maximum Gasteiger partial charge on any atom is 0.311 e. The number of carbonyl (C=O) groups excluding carboxylic acids is 1. The van der Waals surface area contributed by atoms with E-state index in [0.29, 0.717) is 0 Å². The summed E-state index contributed by atoms with van der Waals surface area (Å²) >= 11 is 0. The van der Waals surface area contributed by atoms with Gasteiger partial charge >= 0.3 is 5.97 Å². The first kappa shape index (κ1) is 14.7. The van der Waals surface area contributed by atoms with Crippen LogP contribution in [-0.4, -0.2) is 24.3 Å². The molecular weight excluding hydrogens is 228 g/mol. The smallest absolute Gasteiger partial charge is 0.311 e. The molecule has 0 saturated carbocycles. The van der Waals surface area contributed by atoms with Crippen molar-refractivity contribution in [1.29, 1.82) is 0 Å². The van der Waals surface area contributed by atoms with Crippen LogP contribution in [0.2, 0.25) is 0 Å². The second kappa shape index (κ2) is 6.55. The van der Waals surface area contributed by atoms with E-state index in [4.69, 9.17) is 4.74 Å². The Labute approximate surface area is 109 Å². The molecule has 18 heavy (non-hydrogen) atoms. The average molecular weight is 250 g/mol. The molecule has 1 unspecified atom stereocenters. The molecule has 1 rings (SSSR count). The van der Waals surface area contributed by atoms with E-state index in [0.717, 1.165) is 12.0 Å². The summed E-state index contributed by atoms with van der Waals surface area (Å²) in [5.74, 6) is -0.271. The Morgan fingerprint density at radius 2 is 1.89 bits per heavy atom. The van der Waals surface area contributed by atoms with E-state index >= 15 is 0 Å². The highest BCUT2D eigenvalue weighted by Crippen LogP contribution is 2.16. The van der Waals surface area contributed by atoms with E-state index in [1.54, 1.807) is 0 Å². The van der Waals surface area contributed by atoms with Crippen molar-refractivity contribution in [2.75, 3.05) is 13.2 Å². The van der Waals surface area contributed by atoms with Gasteiger partial charge in [0.2, 0.25) is 0 Å². The lowest BCUT2D eigenvalue weighted by Crippen LogP contribution is -2.27. The summed E-state index contributed by atoms with van der Waals surface area (Å²) in [4.78, 5) is 11.6. The fraction of sp³-hybridized carbons (Fsp3) is 0.533. The zero-order valence-corrected chi connectivity index (χ0v) is 11.3. The molecule has 0 spiro atoms. The third kappa shape index (κ3) is 4.88. The summed E-state index contributed by atoms with van der Waals surface area (Å²) in [6.07, 6.45) is 0.717. The number of rotatable bonds is 5. The second-order valence-electron chi connectivity index (χ2n) is 5.59. The molecule has 1 atom stereocenters. The molecule has 1 aromatic rings. The van der Waals surface area contributed by atoms with Crippen LogP contribution < -0.4 is 0 Å². The lowest BCUT2D eigenvalue weighted by molar-refractivity contribution is -0.154. The highest BCUT2D eigenvalue weighted by molar-refractivity contribution is 5.75. The standard InChI is InChI=1S/C15H22O3/c1-15(2,3)14(17)18-11-13(10-16)9-12-7-5-4-6-8-12/h4-8,13,16H,9-11H2,1-3H3. The van der Waals surface area contributed by atoms with Gasteiger partial charge in [-0.1, -0.05) is 30.3 Å². The molecule has 0 aliphatic heterocycles. The summed E-state index contributed by atoms with van der Waals surface area (Å²) in [7, 11) is 0. The third-order valence-electron chi connectivity index (χ3n) is 2.69. The van der Waals surface area contributed by atoms with Crippen LogP contribution in [0.15, 0.2) is 30.3 Å². The molecule has 0 amide bonds. The maximum absolute atomic E-state index is 11.6. The molecule has 0 radical (unpaired) electrons. The second-order valence-corrected chi connectivity index (χ2v) is 5.59. The Morgan fingerprint density at radius 1 is 1.28 bits per heavy atom.